The van der Waals surface area contributed by atoms with Crippen molar-refractivity contribution < 1.29 is 19.1 Å². The number of benzene rings is 1. The molecule has 0 spiro atoms. The second-order valence-electron chi connectivity index (χ2n) is 7.80. The molecule has 0 aliphatic heterocycles. The molecule has 23 heavy (non-hydrogen) atoms. The third kappa shape index (κ3) is 2.11. The minimum Gasteiger partial charge on any atom is -0.465 e. The Morgan fingerprint density at radius 1 is 0.826 bits per heavy atom. The van der Waals surface area contributed by atoms with Gasteiger partial charge in [0.1, 0.15) is 0 Å². The molecule has 1 aliphatic rings. The highest BCUT2D eigenvalue weighted by atomic mass is 16.5. The van der Waals surface area contributed by atoms with Crippen LogP contribution in [0.2, 0.25) is 0 Å². The number of carbonyl (C=O) groups is 2. The van der Waals surface area contributed by atoms with Gasteiger partial charge in [0.15, 0.2) is 0 Å². The molecule has 0 unspecified atom stereocenters. The standard InChI is InChI=1S/C19H26O4/c1-17(2)13-10-11(15(20)22-7)9-12(16(21)23-8)14(13)18(3,4)19(17,5)6/h9-10H,1-8H3. The number of hydrogen-bond donors (Lipinski definition) is 0. The van der Waals surface area contributed by atoms with Crippen LogP contribution >= 0.6 is 0 Å². The molecular weight excluding hydrogens is 292 g/mol. The monoisotopic (exact) mass is 318 g/mol. The van der Waals surface area contributed by atoms with Crippen molar-refractivity contribution >= 4 is 11.9 Å². The van der Waals surface area contributed by atoms with Crippen molar-refractivity contribution in [2.75, 3.05) is 14.2 Å². The largest absolute Gasteiger partial charge is 0.465 e. The molecule has 0 aromatic heterocycles. The zero-order chi connectivity index (χ0) is 17.8. The Bertz CT molecular complexity index is 681. The molecule has 0 bridgehead atoms. The van der Waals surface area contributed by atoms with Gasteiger partial charge in [-0.1, -0.05) is 41.5 Å². The smallest absolute Gasteiger partial charge is 0.338 e. The fourth-order valence-electron chi connectivity index (χ4n) is 3.75. The lowest BCUT2D eigenvalue weighted by molar-refractivity contribution is 0.0594. The minimum absolute atomic E-state index is 0.111. The first-order chi connectivity index (χ1) is 10.4. The highest BCUT2D eigenvalue weighted by molar-refractivity contribution is 5.98. The van der Waals surface area contributed by atoms with Gasteiger partial charge in [0, 0.05) is 0 Å². The number of rotatable bonds is 2. The second-order valence-corrected chi connectivity index (χ2v) is 7.80. The van der Waals surface area contributed by atoms with Gasteiger partial charge in [-0.3, -0.25) is 0 Å². The molecule has 0 saturated heterocycles. The summed E-state index contributed by atoms with van der Waals surface area (Å²) in [4.78, 5) is 24.4. The maximum atomic E-state index is 12.4. The van der Waals surface area contributed by atoms with Gasteiger partial charge in [0.05, 0.1) is 25.3 Å². The Labute approximate surface area is 138 Å². The lowest BCUT2D eigenvalue weighted by Crippen LogP contribution is -2.42. The summed E-state index contributed by atoms with van der Waals surface area (Å²) in [6, 6.07) is 3.46. The summed E-state index contributed by atoms with van der Waals surface area (Å²) >= 11 is 0. The van der Waals surface area contributed by atoms with E-state index in [2.05, 4.69) is 41.5 Å². The first-order valence-electron chi connectivity index (χ1n) is 7.79. The summed E-state index contributed by atoms with van der Waals surface area (Å²) in [5, 5.41) is 0. The van der Waals surface area contributed by atoms with Crippen LogP contribution in [0.1, 0.15) is 73.4 Å². The molecule has 0 atom stereocenters. The first-order valence-corrected chi connectivity index (χ1v) is 7.79. The van der Waals surface area contributed by atoms with E-state index in [1.54, 1.807) is 6.07 Å². The Kier molecular flexibility index (Phi) is 3.87. The van der Waals surface area contributed by atoms with Crippen LogP contribution in [0.4, 0.5) is 0 Å². The van der Waals surface area contributed by atoms with Crippen LogP contribution in [0, 0.1) is 5.41 Å². The second kappa shape index (κ2) is 5.08. The Morgan fingerprint density at radius 3 is 1.83 bits per heavy atom. The summed E-state index contributed by atoms with van der Waals surface area (Å²) in [7, 11) is 2.70. The maximum absolute atomic E-state index is 12.4. The Hall–Kier alpha value is -1.84. The van der Waals surface area contributed by atoms with Crippen molar-refractivity contribution in [3.05, 3.63) is 34.4 Å². The van der Waals surface area contributed by atoms with E-state index < -0.39 is 11.9 Å². The third-order valence-corrected chi connectivity index (χ3v) is 6.39. The SMILES string of the molecule is COC(=O)c1cc(C(=O)OC)c2c(c1)C(C)(C)C(C)(C)C2(C)C. The molecule has 0 saturated carbocycles. The molecule has 0 fully saturated rings. The zero-order valence-corrected chi connectivity index (χ0v) is 15.3. The van der Waals surface area contributed by atoms with Crippen molar-refractivity contribution in [3.63, 3.8) is 0 Å². The van der Waals surface area contributed by atoms with E-state index in [-0.39, 0.29) is 16.2 Å². The number of ether oxygens (including phenoxy) is 2. The Balaban J connectivity index is 2.91. The molecule has 1 aliphatic carbocycles. The fraction of sp³-hybridized carbons (Fsp3) is 0.579. The average molecular weight is 318 g/mol. The van der Waals surface area contributed by atoms with Crippen LogP contribution < -0.4 is 0 Å². The Morgan fingerprint density at radius 2 is 1.35 bits per heavy atom. The number of carbonyl (C=O) groups excluding carboxylic acids is 2. The number of hydrogen-bond acceptors (Lipinski definition) is 4. The van der Waals surface area contributed by atoms with Gasteiger partial charge in [-0.25, -0.2) is 9.59 Å². The maximum Gasteiger partial charge on any atom is 0.338 e. The van der Waals surface area contributed by atoms with Crippen LogP contribution in [0.5, 0.6) is 0 Å². The van der Waals surface area contributed by atoms with Crippen LogP contribution in [0.15, 0.2) is 12.1 Å². The molecule has 1 aromatic rings. The third-order valence-electron chi connectivity index (χ3n) is 6.39. The molecule has 1 aromatic carbocycles. The van der Waals surface area contributed by atoms with Crippen molar-refractivity contribution in [1.29, 1.82) is 0 Å². The van der Waals surface area contributed by atoms with Crippen LogP contribution in [0.25, 0.3) is 0 Å². The van der Waals surface area contributed by atoms with Crippen molar-refractivity contribution in [1.82, 2.24) is 0 Å². The highest BCUT2D eigenvalue weighted by Gasteiger charge is 2.58. The molecule has 0 heterocycles. The van der Waals surface area contributed by atoms with E-state index in [0.29, 0.717) is 11.1 Å². The molecular formula is C19H26O4. The van der Waals surface area contributed by atoms with Gasteiger partial charge < -0.3 is 9.47 Å². The normalized spacial score (nSPS) is 19.8. The van der Waals surface area contributed by atoms with Gasteiger partial charge in [0.25, 0.3) is 0 Å². The molecule has 0 amide bonds. The lowest BCUT2D eigenvalue weighted by atomic mass is 9.59. The van der Waals surface area contributed by atoms with E-state index in [1.807, 2.05) is 6.07 Å². The van der Waals surface area contributed by atoms with E-state index in [1.165, 1.54) is 14.2 Å². The predicted octanol–water partition coefficient (Wildman–Crippen LogP) is 3.85. The van der Waals surface area contributed by atoms with E-state index in [9.17, 15) is 9.59 Å². The van der Waals surface area contributed by atoms with Gasteiger partial charge in [-0.05, 0) is 39.5 Å². The van der Waals surface area contributed by atoms with Crippen LogP contribution in [0.3, 0.4) is 0 Å². The van der Waals surface area contributed by atoms with Gasteiger partial charge in [0.2, 0.25) is 0 Å². The van der Waals surface area contributed by atoms with Gasteiger partial charge in [-0.15, -0.1) is 0 Å². The first kappa shape index (κ1) is 17.5. The molecule has 0 N–H and O–H groups in total. The van der Waals surface area contributed by atoms with Crippen molar-refractivity contribution in [3.8, 4) is 0 Å². The predicted molar refractivity (Wildman–Crippen MR) is 89.0 cm³/mol. The summed E-state index contributed by atoms with van der Waals surface area (Å²) in [5.74, 6) is -0.871. The molecule has 0 radical (unpaired) electrons. The summed E-state index contributed by atoms with van der Waals surface area (Å²) in [5.41, 5.74) is 2.24. The van der Waals surface area contributed by atoms with Crippen molar-refractivity contribution in [2.45, 2.75) is 52.4 Å². The highest BCUT2D eigenvalue weighted by Crippen LogP contribution is 2.62. The number of esters is 2. The van der Waals surface area contributed by atoms with E-state index >= 15 is 0 Å². The van der Waals surface area contributed by atoms with Gasteiger partial charge >= 0.3 is 11.9 Å². The summed E-state index contributed by atoms with van der Waals surface area (Å²) < 4.78 is 9.81. The summed E-state index contributed by atoms with van der Waals surface area (Å²) in [6.07, 6.45) is 0. The summed E-state index contributed by atoms with van der Waals surface area (Å²) in [6.45, 7) is 13.0. The average Bonchev–Trinajstić information content (AvgIpc) is 2.60. The van der Waals surface area contributed by atoms with Crippen LogP contribution in [-0.4, -0.2) is 26.2 Å². The fourth-order valence-corrected chi connectivity index (χ4v) is 3.75. The molecule has 126 valence electrons. The van der Waals surface area contributed by atoms with E-state index in [0.717, 1.165) is 11.1 Å². The van der Waals surface area contributed by atoms with Crippen LogP contribution in [-0.2, 0) is 20.3 Å². The minimum atomic E-state index is -0.448. The molecule has 4 heteroatoms. The van der Waals surface area contributed by atoms with Crippen molar-refractivity contribution in [2.24, 2.45) is 5.41 Å². The number of fused-ring (bicyclic) bond motifs is 1. The molecule has 2 rings (SSSR count). The molecule has 4 nitrogen and oxygen atoms in total. The zero-order valence-electron chi connectivity index (χ0n) is 15.3. The lowest BCUT2D eigenvalue weighted by Gasteiger charge is -2.44. The van der Waals surface area contributed by atoms with E-state index in [4.69, 9.17) is 9.47 Å². The number of methoxy groups -OCH3 is 2. The topological polar surface area (TPSA) is 52.6 Å². The quantitative estimate of drug-likeness (QED) is 0.777. The van der Waals surface area contributed by atoms with Gasteiger partial charge in [-0.2, -0.15) is 0 Å².